The number of hydrogen-bond donors (Lipinski definition) is 1. The van der Waals surface area contributed by atoms with E-state index in [1.54, 1.807) is 6.92 Å². The Morgan fingerprint density at radius 3 is 2.76 bits per heavy atom. The first kappa shape index (κ1) is 14.7. The number of nitrogens with two attached hydrogens (primary N) is 1. The smallest absolute Gasteiger partial charge is 0.340 e. The fourth-order valence-corrected chi connectivity index (χ4v) is 1.58. The molecule has 2 rings (SSSR count). The van der Waals surface area contributed by atoms with E-state index in [4.69, 9.17) is 15.2 Å². The Morgan fingerprint density at radius 2 is 2.10 bits per heavy atom. The zero-order valence-electron chi connectivity index (χ0n) is 11.1. The van der Waals surface area contributed by atoms with E-state index in [1.807, 2.05) is 0 Å². The molecule has 0 saturated heterocycles. The van der Waals surface area contributed by atoms with E-state index in [-0.39, 0.29) is 29.5 Å². The highest BCUT2D eigenvalue weighted by Gasteiger charge is 2.17. The van der Waals surface area contributed by atoms with Crippen LogP contribution in [0, 0.1) is 11.6 Å². The predicted molar refractivity (Wildman–Crippen MR) is 71.0 cm³/mol. The van der Waals surface area contributed by atoms with Crippen LogP contribution in [0.15, 0.2) is 30.5 Å². The second kappa shape index (κ2) is 6.17. The normalized spacial score (nSPS) is 10.2. The van der Waals surface area contributed by atoms with Crippen molar-refractivity contribution in [2.45, 2.75) is 6.92 Å². The average Bonchev–Trinajstić information content (AvgIpc) is 2.44. The molecule has 2 N–H and O–H groups in total. The topological polar surface area (TPSA) is 74.4 Å². The van der Waals surface area contributed by atoms with Crippen LogP contribution in [0.3, 0.4) is 0 Å². The Balaban J connectivity index is 2.32. The fourth-order valence-electron chi connectivity index (χ4n) is 1.58. The highest BCUT2D eigenvalue weighted by molar-refractivity contribution is 5.96. The molecule has 0 saturated carbocycles. The summed E-state index contributed by atoms with van der Waals surface area (Å²) >= 11 is 0. The van der Waals surface area contributed by atoms with E-state index in [2.05, 4.69) is 4.98 Å². The summed E-state index contributed by atoms with van der Waals surface area (Å²) < 4.78 is 36.4. The Labute approximate surface area is 119 Å². The summed E-state index contributed by atoms with van der Waals surface area (Å²) in [6.07, 6.45) is 1.28. The van der Waals surface area contributed by atoms with Gasteiger partial charge in [0.25, 0.3) is 0 Å². The fraction of sp³-hybridized carbons (Fsp3) is 0.143. The third-order valence-electron chi connectivity index (χ3n) is 2.55. The minimum Gasteiger partial charge on any atom is -0.462 e. The molecule has 1 aromatic carbocycles. The number of benzene rings is 1. The van der Waals surface area contributed by atoms with Gasteiger partial charge >= 0.3 is 5.97 Å². The minimum absolute atomic E-state index is 0.0596. The van der Waals surface area contributed by atoms with Crippen molar-refractivity contribution in [3.05, 3.63) is 47.7 Å². The molecule has 0 aliphatic carbocycles. The van der Waals surface area contributed by atoms with Crippen molar-refractivity contribution in [3.8, 4) is 11.6 Å². The number of nitrogen functional groups attached to an aromatic ring is 1. The van der Waals surface area contributed by atoms with Crippen LogP contribution in [0.1, 0.15) is 17.3 Å². The Kier molecular flexibility index (Phi) is 4.32. The number of carbonyl (C=O) groups excluding carboxylic acids is 1. The third kappa shape index (κ3) is 3.25. The van der Waals surface area contributed by atoms with Crippen LogP contribution in [-0.2, 0) is 4.74 Å². The predicted octanol–water partition coefficient (Wildman–Crippen LogP) is 2.91. The number of rotatable bonds is 4. The van der Waals surface area contributed by atoms with Gasteiger partial charge in [0, 0.05) is 12.3 Å². The van der Waals surface area contributed by atoms with Gasteiger partial charge in [-0.25, -0.2) is 18.6 Å². The molecule has 110 valence electrons. The first-order valence-electron chi connectivity index (χ1n) is 6.07. The van der Waals surface area contributed by atoms with Crippen molar-refractivity contribution in [1.82, 2.24) is 4.98 Å². The molecular formula is C14H12F2N2O3. The number of hydrogen-bond acceptors (Lipinski definition) is 5. The zero-order valence-corrected chi connectivity index (χ0v) is 11.1. The lowest BCUT2D eigenvalue weighted by Gasteiger charge is -2.10. The second-order valence-electron chi connectivity index (χ2n) is 3.97. The Hall–Kier alpha value is -2.70. The highest BCUT2D eigenvalue weighted by atomic mass is 19.1. The molecule has 1 aromatic heterocycles. The minimum atomic E-state index is -0.905. The number of nitrogens with zero attached hydrogens (tertiary/aromatic N) is 1. The van der Waals surface area contributed by atoms with Crippen LogP contribution in [-0.4, -0.2) is 17.6 Å². The molecule has 0 aliphatic heterocycles. The largest absolute Gasteiger partial charge is 0.462 e. The van der Waals surface area contributed by atoms with Crippen molar-refractivity contribution in [3.63, 3.8) is 0 Å². The summed E-state index contributed by atoms with van der Waals surface area (Å²) in [6, 6.07) is 4.16. The van der Waals surface area contributed by atoms with Crippen LogP contribution in [0.4, 0.5) is 14.5 Å². The van der Waals surface area contributed by atoms with Crippen LogP contribution in [0.5, 0.6) is 11.6 Å². The quantitative estimate of drug-likeness (QED) is 0.878. The van der Waals surface area contributed by atoms with Gasteiger partial charge < -0.3 is 15.2 Å². The third-order valence-corrected chi connectivity index (χ3v) is 2.55. The van der Waals surface area contributed by atoms with Gasteiger partial charge in [0.1, 0.15) is 11.5 Å². The van der Waals surface area contributed by atoms with Gasteiger partial charge in [-0.3, -0.25) is 0 Å². The van der Waals surface area contributed by atoms with Crippen molar-refractivity contribution in [1.29, 1.82) is 0 Å². The molecule has 0 fully saturated rings. The lowest BCUT2D eigenvalue weighted by molar-refractivity contribution is 0.0527. The Bertz CT molecular complexity index is 677. The number of anilines is 1. The average molecular weight is 294 g/mol. The summed E-state index contributed by atoms with van der Waals surface area (Å²) in [6.45, 7) is 1.84. The molecule has 5 nitrogen and oxygen atoms in total. The molecule has 0 bridgehead atoms. The molecule has 0 atom stereocenters. The number of halogens is 2. The maximum atomic E-state index is 13.5. The van der Waals surface area contributed by atoms with Gasteiger partial charge in [-0.05, 0) is 25.1 Å². The van der Waals surface area contributed by atoms with Gasteiger partial charge in [-0.1, -0.05) is 0 Å². The Morgan fingerprint density at radius 1 is 1.33 bits per heavy atom. The second-order valence-corrected chi connectivity index (χ2v) is 3.97. The van der Waals surface area contributed by atoms with Crippen LogP contribution >= 0.6 is 0 Å². The maximum Gasteiger partial charge on any atom is 0.340 e. The first-order valence-corrected chi connectivity index (χ1v) is 6.07. The molecule has 2 aromatic rings. The van der Waals surface area contributed by atoms with Gasteiger partial charge in [-0.2, -0.15) is 0 Å². The van der Waals surface area contributed by atoms with Crippen molar-refractivity contribution in [2.24, 2.45) is 0 Å². The van der Waals surface area contributed by atoms with Gasteiger partial charge in [0.2, 0.25) is 5.88 Å². The van der Waals surface area contributed by atoms with E-state index in [0.29, 0.717) is 6.07 Å². The maximum absolute atomic E-state index is 13.5. The molecule has 0 aliphatic rings. The van der Waals surface area contributed by atoms with E-state index in [0.717, 1.165) is 12.1 Å². The zero-order chi connectivity index (χ0) is 15.4. The summed E-state index contributed by atoms with van der Waals surface area (Å²) in [4.78, 5) is 15.5. The first-order chi connectivity index (χ1) is 10.0. The van der Waals surface area contributed by atoms with E-state index in [9.17, 15) is 13.6 Å². The highest BCUT2D eigenvalue weighted by Crippen LogP contribution is 2.29. The van der Waals surface area contributed by atoms with E-state index in [1.165, 1.54) is 12.3 Å². The van der Waals surface area contributed by atoms with Crippen molar-refractivity contribution >= 4 is 11.7 Å². The van der Waals surface area contributed by atoms with Gasteiger partial charge in [0.15, 0.2) is 11.6 Å². The summed E-state index contributed by atoms with van der Waals surface area (Å²) in [5, 5.41) is 0. The number of pyridine rings is 1. The SMILES string of the molecule is CCOC(=O)c1ccnc(Oc2ccc(F)cc2F)c1N. The summed E-state index contributed by atoms with van der Waals surface area (Å²) in [5.74, 6) is -2.69. The summed E-state index contributed by atoms with van der Waals surface area (Å²) in [7, 11) is 0. The van der Waals surface area contributed by atoms with Crippen LogP contribution in [0.25, 0.3) is 0 Å². The summed E-state index contributed by atoms with van der Waals surface area (Å²) in [5.41, 5.74) is 5.73. The van der Waals surface area contributed by atoms with E-state index < -0.39 is 17.6 Å². The molecule has 0 spiro atoms. The molecule has 7 heteroatoms. The number of aromatic nitrogens is 1. The molecule has 21 heavy (non-hydrogen) atoms. The molecule has 0 unspecified atom stereocenters. The van der Waals surface area contributed by atoms with Crippen LogP contribution in [0.2, 0.25) is 0 Å². The van der Waals surface area contributed by atoms with Crippen LogP contribution < -0.4 is 10.5 Å². The molecular weight excluding hydrogens is 282 g/mol. The monoisotopic (exact) mass is 294 g/mol. The van der Waals surface area contributed by atoms with Gasteiger partial charge in [-0.15, -0.1) is 0 Å². The van der Waals surface area contributed by atoms with Crippen molar-refractivity contribution in [2.75, 3.05) is 12.3 Å². The number of carbonyl (C=O) groups is 1. The molecule has 0 radical (unpaired) electrons. The van der Waals surface area contributed by atoms with Crippen molar-refractivity contribution < 1.29 is 23.0 Å². The van der Waals surface area contributed by atoms with Gasteiger partial charge in [0.05, 0.1) is 12.2 Å². The lowest BCUT2D eigenvalue weighted by Crippen LogP contribution is -2.09. The number of esters is 1. The lowest BCUT2D eigenvalue weighted by atomic mass is 10.2. The van der Waals surface area contributed by atoms with E-state index >= 15 is 0 Å². The standard InChI is InChI=1S/C14H12F2N2O3/c1-2-20-14(19)9-5-6-18-13(12(9)17)21-11-4-3-8(15)7-10(11)16/h3-7H,2,17H2,1H3. The number of ether oxygens (including phenoxy) is 2. The molecule has 0 amide bonds. The molecule has 1 heterocycles.